The molecule has 22 heavy (non-hydrogen) atoms. The summed E-state index contributed by atoms with van der Waals surface area (Å²) in [5.74, 6) is 3.37. The van der Waals surface area contributed by atoms with Gasteiger partial charge in [0.25, 0.3) is 5.91 Å². The van der Waals surface area contributed by atoms with E-state index in [0.717, 1.165) is 37.3 Å². The number of carbonyl (C=O) groups is 1. The molecule has 0 radical (unpaired) electrons. The molecule has 1 saturated carbocycles. The monoisotopic (exact) mass is 324 g/mol. The average molecular weight is 324 g/mol. The van der Waals surface area contributed by atoms with Gasteiger partial charge in [-0.3, -0.25) is 9.69 Å². The fourth-order valence-electron chi connectivity index (χ4n) is 4.04. The van der Waals surface area contributed by atoms with Crippen LogP contribution >= 0.6 is 11.8 Å². The third-order valence-corrected chi connectivity index (χ3v) is 6.33. The Labute approximate surface area is 138 Å². The van der Waals surface area contributed by atoms with Crippen LogP contribution in [0.3, 0.4) is 0 Å². The predicted molar refractivity (Wildman–Crippen MR) is 91.0 cm³/mol. The highest BCUT2D eigenvalue weighted by Gasteiger charge is 2.40. The number of hydrogen-bond donors (Lipinski definition) is 1. The van der Waals surface area contributed by atoms with Crippen LogP contribution in [0.25, 0.3) is 0 Å². The van der Waals surface area contributed by atoms with E-state index in [-0.39, 0.29) is 11.4 Å². The second kappa shape index (κ2) is 7.26. The summed E-state index contributed by atoms with van der Waals surface area (Å²) in [5, 5.41) is 3.24. The summed E-state index contributed by atoms with van der Waals surface area (Å²) in [6, 6.07) is 0. The van der Waals surface area contributed by atoms with E-state index in [2.05, 4.69) is 22.0 Å². The molecule has 2 aliphatic heterocycles. The summed E-state index contributed by atoms with van der Waals surface area (Å²) in [7, 11) is 0. The second-order valence-electron chi connectivity index (χ2n) is 6.70. The first kappa shape index (κ1) is 16.2. The molecule has 0 unspecified atom stereocenters. The maximum Gasteiger partial charge on any atom is 0.250 e. The number of carbonyl (C=O) groups excluding carboxylic acids is 1. The third kappa shape index (κ3) is 3.46. The average Bonchev–Trinajstić information content (AvgIpc) is 3.04. The van der Waals surface area contributed by atoms with Crippen LogP contribution in [0, 0.1) is 0 Å². The van der Waals surface area contributed by atoms with Gasteiger partial charge in [0, 0.05) is 36.7 Å². The molecule has 0 aromatic carbocycles. The van der Waals surface area contributed by atoms with Gasteiger partial charge in [-0.15, -0.1) is 0 Å². The summed E-state index contributed by atoms with van der Waals surface area (Å²) in [4.78, 5) is 15.2. The van der Waals surface area contributed by atoms with Crippen molar-refractivity contribution >= 4 is 17.7 Å². The molecular formula is C17H28N2O2S. The lowest BCUT2D eigenvalue weighted by molar-refractivity contribution is -0.118. The molecule has 0 aromatic rings. The zero-order valence-corrected chi connectivity index (χ0v) is 14.5. The number of rotatable bonds is 4. The topological polar surface area (TPSA) is 41.6 Å². The Morgan fingerprint density at radius 3 is 2.68 bits per heavy atom. The number of thioether (sulfide) groups is 1. The maximum atomic E-state index is 12.5. The van der Waals surface area contributed by atoms with Gasteiger partial charge in [0.1, 0.15) is 5.76 Å². The fraction of sp³-hybridized carbons (Fsp3) is 0.824. The minimum Gasteiger partial charge on any atom is -0.498 e. The molecule has 1 saturated heterocycles. The Kier molecular flexibility index (Phi) is 5.34. The Balaban J connectivity index is 1.63. The van der Waals surface area contributed by atoms with Gasteiger partial charge in [0.05, 0.1) is 12.2 Å². The van der Waals surface area contributed by atoms with Crippen LogP contribution in [-0.2, 0) is 9.53 Å². The van der Waals surface area contributed by atoms with Crippen LogP contribution in [0.1, 0.15) is 45.4 Å². The molecule has 2 heterocycles. The van der Waals surface area contributed by atoms with Crippen molar-refractivity contribution in [1.29, 1.82) is 0 Å². The quantitative estimate of drug-likeness (QED) is 0.863. The molecule has 0 spiro atoms. The van der Waals surface area contributed by atoms with E-state index in [9.17, 15) is 4.79 Å². The van der Waals surface area contributed by atoms with E-state index >= 15 is 0 Å². The molecule has 0 atom stereocenters. The molecule has 1 amide bonds. The standard InChI is InChI=1S/C17H28N2O2S/c1-14-15(5-4-10-21-14)16(20)18-13-17(6-2-3-7-17)19-8-11-22-12-9-19/h2-13H2,1H3,(H,18,20). The van der Waals surface area contributed by atoms with Gasteiger partial charge in [-0.2, -0.15) is 11.8 Å². The summed E-state index contributed by atoms with van der Waals surface area (Å²) in [6.07, 6.45) is 6.85. The van der Waals surface area contributed by atoms with Crippen molar-refractivity contribution in [2.45, 2.75) is 51.0 Å². The molecular weight excluding hydrogens is 296 g/mol. The third-order valence-electron chi connectivity index (χ3n) is 5.38. The van der Waals surface area contributed by atoms with Gasteiger partial charge >= 0.3 is 0 Å². The summed E-state index contributed by atoms with van der Waals surface area (Å²) in [6.45, 7) is 5.81. The van der Waals surface area contributed by atoms with Crippen LogP contribution < -0.4 is 5.32 Å². The van der Waals surface area contributed by atoms with Crippen LogP contribution in [0.15, 0.2) is 11.3 Å². The van der Waals surface area contributed by atoms with E-state index in [4.69, 9.17) is 4.74 Å². The highest BCUT2D eigenvalue weighted by atomic mass is 32.2. The van der Waals surface area contributed by atoms with E-state index in [1.165, 1.54) is 50.3 Å². The van der Waals surface area contributed by atoms with E-state index in [0.29, 0.717) is 0 Å². The molecule has 4 nitrogen and oxygen atoms in total. The summed E-state index contributed by atoms with van der Waals surface area (Å²) < 4.78 is 5.53. The first-order valence-corrected chi connectivity index (χ1v) is 9.80. The first-order chi connectivity index (χ1) is 10.7. The molecule has 0 aromatic heterocycles. The molecule has 5 heteroatoms. The van der Waals surface area contributed by atoms with E-state index in [1.807, 2.05) is 6.92 Å². The Morgan fingerprint density at radius 2 is 2.00 bits per heavy atom. The smallest absolute Gasteiger partial charge is 0.250 e. The number of nitrogens with one attached hydrogen (secondary N) is 1. The maximum absolute atomic E-state index is 12.5. The molecule has 2 fully saturated rings. The number of ether oxygens (including phenoxy) is 1. The van der Waals surface area contributed by atoms with Crippen molar-refractivity contribution in [3.63, 3.8) is 0 Å². The van der Waals surface area contributed by atoms with Crippen molar-refractivity contribution < 1.29 is 9.53 Å². The van der Waals surface area contributed by atoms with Crippen molar-refractivity contribution in [1.82, 2.24) is 10.2 Å². The SMILES string of the molecule is CC1=C(C(=O)NCC2(N3CCSCC3)CCCC2)CCCO1. The molecule has 0 bridgehead atoms. The normalized spacial score (nSPS) is 25.9. The Hall–Kier alpha value is -0.680. The minimum atomic E-state index is 0.0925. The minimum absolute atomic E-state index is 0.0925. The van der Waals surface area contributed by atoms with Gasteiger partial charge in [-0.25, -0.2) is 0 Å². The van der Waals surface area contributed by atoms with Gasteiger partial charge in [-0.1, -0.05) is 12.8 Å². The summed E-state index contributed by atoms with van der Waals surface area (Å²) >= 11 is 2.05. The van der Waals surface area contributed by atoms with E-state index < -0.39 is 0 Å². The van der Waals surface area contributed by atoms with Gasteiger partial charge in [0.2, 0.25) is 0 Å². The number of hydrogen-bond acceptors (Lipinski definition) is 4. The highest BCUT2D eigenvalue weighted by molar-refractivity contribution is 7.99. The zero-order valence-electron chi connectivity index (χ0n) is 13.7. The van der Waals surface area contributed by atoms with Crippen LogP contribution in [0.5, 0.6) is 0 Å². The predicted octanol–water partition coefficient (Wildman–Crippen LogP) is 2.55. The Bertz CT molecular complexity index is 438. The first-order valence-electron chi connectivity index (χ1n) is 8.65. The lowest BCUT2D eigenvalue weighted by Crippen LogP contribution is -2.56. The number of allylic oxidation sites excluding steroid dienone is 1. The van der Waals surface area contributed by atoms with Crippen LogP contribution in [0.2, 0.25) is 0 Å². The second-order valence-corrected chi connectivity index (χ2v) is 7.93. The van der Waals surface area contributed by atoms with Crippen molar-refractivity contribution in [2.24, 2.45) is 0 Å². The lowest BCUT2D eigenvalue weighted by Gasteiger charge is -2.43. The highest BCUT2D eigenvalue weighted by Crippen LogP contribution is 2.36. The Morgan fingerprint density at radius 1 is 1.27 bits per heavy atom. The van der Waals surface area contributed by atoms with Crippen LogP contribution in [-0.4, -0.2) is 54.1 Å². The molecule has 3 rings (SSSR count). The van der Waals surface area contributed by atoms with Crippen molar-refractivity contribution in [3.8, 4) is 0 Å². The largest absolute Gasteiger partial charge is 0.498 e. The number of amides is 1. The zero-order chi connectivity index (χ0) is 15.4. The number of nitrogens with zero attached hydrogens (tertiary/aromatic N) is 1. The van der Waals surface area contributed by atoms with Gasteiger partial charge in [0.15, 0.2) is 0 Å². The lowest BCUT2D eigenvalue weighted by atomic mass is 9.94. The van der Waals surface area contributed by atoms with E-state index in [1.54, 1.807) is 0 Å². The van der Waals surface area contributed by atoms with Gasteiger partial charge in [-0.05, 0) is 32.6 Å². The van der Waals surface area contributed by atoms with Crippen LogP contribution in [0.4, 0.5) is 0 Å². The molecule has 1 aliphatic carbocycles. The van der Waals surface area contributed by atoms with Crippen molar-refractivity contribution in [2.75, 3.05) is 37.7 Å². The van der Waals surface area contributed by atoms with Gasteiger partial charge < -0.3 is 10.1 Å². The molecule has 124 valence electrons. The summed E-state index contributed by atoms with van der Waals surface area (Å²) in [5.41, 5.74) is 1.06. The molecule has 1 N–H and O–H groups in total. The van der Waals surface area contributed by atoms with Crippen molar-refractivity contribution in [3.05, 3.63) is 11.3 Å². The fourth-order valence-corrected chi connectivity index (χ4v) is 4.94. The molecule has 3 aliphatic rings.